The number of methoxy groups -OCH3 is 1. The zero-order valence-corrected chi connectivity index (χ0v) is 17.1. The second-order valence-electron chi connectivity index (χ2n) is 7.02. The summed E-state index contributed by atoms with van der Waals surface area (Å²) in [5.74, 6) is -0.969. The lowest BCUT2D eigenvalue weighted by Crippen LogP contribution is -2.21. The van der Waals surface area contributed by atoms with Gasteiger partial charge in [-0.05, 0) is 29.0 Å². The SMILES string of the molecule is COc1ccc2ccccc2c1/C=N/NC(=O)CCn1c(C(F)(F)F)nc2ccccc21. The molecule has 0 aliphatic carbocycles. The van der Waals surface area contributed by atoms with Crippen LogP contribution in [0.4, 0.5) is 13.2 Å². The standard InChI is InChI=1S/C23H19F3N4O2/c1-32-20-11-10-15-6-2-3-7-16(15)17(20)14-27-29-21(31)12-13-30-19-9-5-4-8-18(19)28-22(30)23(24,25)26/h2-11,14H,12-13H2,1H3,(H,29,31)/b27-14+. The van der Waals surface area contributed by atoms with Gasteiger partial charge in [0.05, 0.1) is 24.4 Å². The van der Waals surface area contributed by atoms with E-state index in [-0.39, 0.29) is 18.5 Å². The number of amides is 1. The minimum Gasteiger partial charge on any atom is -0.496 e. The van der Waals surface area contributed by atoms with E-state index >= 15 is 0 Å². The predicted molar refractivity (Wildman–Crippen MR) is 116 cm³/mol. The summed E-state index contributed by atoms with van der Waals surface area (Å²) >= 11 is 0. The fourth-order valence-electron chi connectivity index (χ4n) is 3.54. The van der Waals surface area contributed by atoms with Gasteiger partial charge in [-0.25, -0.2) is 10.4 Å². The maximum absolute atomic E-state index is 13.4. The number of hydrogen-bond donors (Lipinski definition) is 1. The van der Waals surface area contributed by atoms with Crippen LogP contribution < -0.4 is 10.2 Å². The number of imidazole rings is 1. The zero-order chi connectivity index (χ0) is 22.7. The van der Waals surface area contributed by atoms with Crippen molar-refractivity contribution in [3.05, 3.63) is 72.1 Å². The minimum atomic E-state index is -4.63. The van der Waals surface area contributed by atoms with E-state index in [0.29, 0.717) is 16.8 Å². The summed E-state index contributed by atoms with van der Waals surface area (Å²) in [5.41, 5.74) is 3.60. The van der Waals surface area contributed by atoms with Crippen molar-refractivity contribution >= 4 is 33.9 Å². The molecule has 164 valence electrons. The molecular formula is C23H19F3N4O2. The molecular weight excluding hydrogens is 421 g/mol. The maximum Gasteiger partial charge on any atom is 0.449 e. The number of carbonyl (C=O) groups is 1. The highest BCUT2D eigenvalue weighted by molar-refractivity contribution is 6.02. The third-order valence-corrected chi connectivity index (χ3v) is 5.00. The van der Waals surface area contributed by atoms with E-state index in [4.69, 9.17) is 4.74 Å². The smallest absolute Gasteiger partial charge is 0.449 e. The summed E-state index contributed by atoms with van der Waals surface area (Å²) in [5, 5.41) is 5.85. The van der Waals surface area contributed by atoms with E-state index in [2.05, 4.69) is 15.5 Å². The van der Waals surface area contributed by atoms with Gasteiger partial charge < -0.3 is 9.30 Å². The van der Waals surface area contributed by atoms with Crippen LogP contribution in [0.5, 0.6) is 5.75 Å². The molecule has 0 radical (unpaired) electrons. The van der Waals surface area contributed by atoms with Crippen LogP contribution in [0.2, 0.25) is 0 Å². The van der Waals surface area contributed by atoms with Crippen molar-refractivity contribution in [1.29, 1.82) is 0 Å². The van der Waals surface area contributed by atoms with E-state index in [1.54, 1.807) is 24.3 Å². The number of nitrogens with zero attached hydrogens (tertiary/aromatic N) is 3. The van der Waals surface area contributed by atoms with Gasteiger partial charge >= 0.3 is 6.18 Å². The van der Waals surface area contributed by atoms with Crippen molar-refractivity contribution in [2.75, 3.05) is 7.11 Å². The third kappa shape index (κ3) is 4.27. The molecule has 0 saturated carbocycles. The molecule has 0 saturated heterocycles. The molecule has 0 aliphatic heterocycles. The largest absolute Gasteiger partial charge is 0.496 e. The number of rotatable bonds is 6. The van der Waals surface area contributed by atoms with Gasteiger partial charge in [-0.2, -0.15) is 18.3 Å². The number of para-hydroxylation sites is 2. The monoisotopic (exact) mass is 440 g/mol. The van der Waals surface area contributed by atoms with Gasteiger partial charge in [0.2, 0.25) is 11.7 Å². The topological polar surface area (TPSA) is 68.5 Å². The Morgan fingerprint density at radius 1 is 1.12 bits per heavy atom. The summed E-state index contributed by atoms with van der Waals surface area (Å²) in [6, 6.07) is 17.6. The first-order valence-electron chi connectivity index (χ1n) is 9.78. The maximum atomic E-state index is 13.4. The van der Waals surface area contributed by atoms with Crippen LogP contribution in [-0.4, -0.2) is 28.8 Å². The third-order valence-electron chi connectivity index (χ3n) is 5.00. The van der Waals surface area contributed by atoms with Crippen molar-refractivity contribution in [2.24, 2.45) is 5.10 Å². The Labute approximate surface area is 181 Å². The lowest BCUT2D eigenvalue weighted by molar-refractivity contribution is -0.147. The average molecular weight is 440 g/mol. The van der Waals surface area contributed by atoms with Gasteiger partial charge in [0.25, 0.3) is 0 Å². The molecule has 1 heterocycles. The van der Waals surface area contributed by atoms with Crippen molar-refractivity contribution in [2.45, 2.75) is 19.1 Å². The predicted octanol–water partition coefficient (Wildman–Crippen LogP) is 4.76. The quantitative estimate of drug-likeness (QED) is 0.347. The fraction of sp³-hybridized carbons (Fsp3) is 0.174. The minimum absolute atomic E-state index is 0.186. The first-order valence-corrected chi connectivity index (χ1v) is 9.78. The molecule has 1 aromatic heterocycles. The average Bonchev–Trinajstić information content (AvgIpc) is 3.17. The summed E-state index contributed by atoms with van der Waals surface area (Å²) in [4.78, 5) is 15.9. The second-order valence-corrected chi connectivity index (χ2v) is 7.02. The first-order chi connectivity index (χ1) is 15.4. The van der Waals surface area contributed by atoms with Crippen LogP contribution >= 0.6 is 0 Å². The molecule has 0 bridgehead atoms. The van der Waals surface area contributed by atoms with Gasteiger partial charge in [-0.15, -0.1) is 0 Å². The Morgan fingerprint density at radius 2 is 1.88 bits per heavy atom. The van der Waals surface area contributed by atoms with Crippen molar-refractivity contribution in [1.82, 2.24) is 15.0 Å². The Balaban J connectivity index is 1.50. The molecule has 4 rings (SSSR count). The van der Waals surface area contributed by atoms with Gasteiger partial charge in [0, 0.05) is 18.5 Å². The first kappa shape index (κ1) is 21.4. The van der Waals surface area contributed by atoms with Crippen LogP contribution in [0.3, 0.4) is 0 Å². The Hall–Kier alpha value is -3.88. The molecule has 4 aromatic rings. The van der Waals surface area contributed by atoms with E-state index in [0.717, 1.165) is 15.3 Å². The molecule has 6 nitrogen and oxygen atoms in total. The normalized spacial score (nSPS) is 12.0. The number of benzene rings is 3. The van der Waals surface area contributed by atoms with E-state index < -0.39 is 17.9 Å². The van der Waals surface area contributed by atoms with Crippen LogP contribution in [0.15, 0.2) is 65.8 Å². The second kappa shape index (κ2) is 8.70. The molecule has 0 fully saturated rings. The molecule has 0 aliphatic rings. The molecule has 1 N–H and O–H groups in total. The van der Waals surface area contributed by atoms with Gasteiger partial charge in [-0.1, -0.05) is 42.5 Å². The molecule has 32 heavy (non-hydrogen) atoms. The fourth-order valence-corrected chi connectivity index (χ4v) is 3.54. The van der Waals surface area contributed by atoms with Gasteiger partial charge in [0.15, 0.2) is 0 Å². The number of alkyl halides is 3. The van der Waals surface area contributed by atoms with E-state index in [1.165, 1.54) is 19.4 Å². The number of hydrazone groups is 1. The Kier molecular flexibility index (Phi) is 5.81. The molecule has 3 aromatic carbocycles. The number of halogens is 3. The lowest BCUT2D eigenvalue weighted by Gasteiger charge is -2.11. The highest BCUT2D eigenvalue weighted by Gasteiger charge is 2.37. The van der Waals surface area contributed by atoms with E-state index in [1.807, 2.05) is 30.3 Å². The van der Waals surface area contributed by atoms with Crippen LogP contribution in [0.1, 0.15) is 17.8 Å². The highest BCUT2D eigenvalue weighted by Crippen LogP contribution is 2.31. The number of ether oxygens (including phenoxy) is 1. The summed E-state index contributed by atoms with van der Waals surface area (Å²) in [6.07, 6.45) is -3.36. The Bertz CT molecular complexity index is 1310. The molecule has 0 spiro atoms. The van der Waals surface area contributed by atoms with Crippen LogP contribution in [0.25, 0.3) is 21.8 Å². The number of fused-ring (bicyclic) bond motifs is 2. The summed E-state index contributed by atoms with van der Waals surface area (Å²) in [7, 11) is 1.54. The molecule has 0 atom stereocenters. The number of nitrogens with one attached hydrogen (secondary N) is 1. The van der Waals surface area contributed by atoms with E-state index in [9.17, 15) is 18.0 Å². The molecule has 9 heteroatoms. The zero-order valence-electron chi connectivity index (χ0n) is 17.1. The highest BCUT2D eigenvalue weighted by atomic mass is 19.4. The van der Waals surface area contributed by atoms with Crippen LogP contribution in [0, 0.1) is 0 Å². The summed E-state index contributed by atoms with van der Waals surface area (Å²) in [6.45, 7) is -0.186. The van der Waals surface area contributed by atoms with Crippen molar-refractivity contribution < 1.29 is 22.7 Å². The van der Waals surface area contributed by atoms with Crippen molar-refractivity contribution in [3.63, 3.8) is 0 Å². The van der Waals surface area contributed by atoms with Crippen molar-refractivity contribution in [3.8, 4) is 5.75 Å². The molecule has 0 unspecified atom stereocenters. The summed E-state index contributed by atoms with van der Waals surface area (Å²) < 4.78 is 46.5. The lowest BCUT2D eigenvalue weighted by atomic mass is 10.0. The van der Waals surface area contributed by atoms with Crippen LogP contribution in [-0.2, 0) is 17.5 Å². The van der Waals surface area contributed by atoms with Gasteiger partial charge in [-0.3, -0.25) is 4.79 Å². The number of aryl methyl sites for hydroxylation is 1. The number of hydrogen-bond acceptors (Lipinski definition) is 4. The van der Waals surface area contributed by atoms with Gasteiger partial charge in [0.1, 0.15) is 5.75 Å². The molecule has 1 amide bonds. The Morgan fingerprint density at radius 3 is 2.66 bits per heavy atom. The number of aromatic nitrogens is 2. The number of carbonyl (C=O) groups excluding carboxylic acids is 1.